The number of amides is 1. The lowest BCUT2D eigenvalue weighted by atomic mass is 10.1. The second-order valence-electron chi connectivity index (χ2n) is 3.95. The van der Waals surface area contributed by atoms with Crippen molar-refractivity contribution in [1.82, 2.24) is 4.98 Å². The first-order valence-corrected chi connectivity index (χ1v) is 5.47. The number of hydrogen-bond donors (Lipinski definition) is 1. The summed E-state index contributed by atoms with van der Waals surface area (Å²) in [4.78, 5) is 15.4. The van der Waals surface area contributed by atoms with Crippen molar-refractivity contribution in [2.45, 2.75) is 6.92 Å². The zero-order chi connectivity index (χ0) is 14.9. The molecule has 0 aliphatic rings. The molecule has 1 amide bonds. The number of halogens is 4. The van der Waals surface area contributed by atoms with Crippen molar-refractivity contribution in [2.24, 2.45) is 0 Å². The molecule has 104 valence electrons. The standard InChI is InChI=1S/C13H8F4N2O/c1-6-9(14)11(16)8(12(17)10(6)15)13(20)19-7-2-4-18-5-3-7/h2-5H,1H3,(H,18,19,20). The normalized spacial score (nSPS) is 10.4. The summed E-state index contributed by atoms with van der Waals surface area (Å²) in [5.41, 5.74) is -1.94. The number of carbonyl (C=O) groups is 1. The van der Waals surface area contributed by atoms with Crippen LogP contribution in [-0.4, -0.2) is 10.9 Å². The molecule has 0 bridgehead atoms. The molecule has 0 fully saturated rings. The lowest BCUT2D eigenvalue weighted by Gasteiger charge is -2.10. The van der Waals surface area contributed by atoms with E-state index in [2.05, 4.69) is 10.3 Å². The molecule has 0 saturated heterocycles. The van der Waals surface area contributed by atoms with E-state index in [-0.39, 0.29) is 5.69 Å². The van der Waals surface area contributed by atoms with Gasteiger partial charge in [-0.1, -0.05) is 0 Å². The second kappa shape index (κ2) is 5.28. The van der Waals surface area contributed by atoms with Crippen molar-refractivity contribution >= 4 is 11.6 Å². The summed E-state index contributed by atoms with van der Waals surface area (Å²) in [7, 11) is 0. The van der Waals surface area contributed by atoms with Crippen molar-refractivity contribution in [3.05, 3.63) is 58.9 Å². The average molecular weight is 284 g/mol. The van der Waals surface area contributed by atoms with E-state index in [1.54, 1.807) is 0 Å². The molecule has 1 N–H and O–H groups in total. The molecule has 2 aromatic rings. The lowest BCUT2D eigenvalue weighted by molar-refractivity contribution is 0.101. The number of rotatable bonds is 2. The highest BCUT2D eigenvalue weighted by atomic mass is 19.2. The largest absolute Gasteiger partial charge is 0.322 e. The molecule has 1 heterocycles. The quantitative estimate of drug-likeness (QED) is 0.679. The molecule has 0 saturated carbocycles. The van der Waals surface area contributed by atoms with Crippen molar-refractivity contribution in [2.75, 3.05) is 5.32 Å². The highest BCUT2D eigenvalue weighted by Crippen LogP contribution is 2.24. The van der Waals surface area contributed by atoms with E-state index in [1.165, 1.54) is 24.5 Å². The second-order valence-corrected chi connectivity index (χ2v) is 3.95. The maximum absolute atomic E-state index is 13.6. The minimum absolute atomic E-state index is 0.185. The number of pyridine rings is 1. The van der Waals surface area contributed by atoms with E-state index in [9.17, 15) is 22.4 Å². The fourth-order valence-corrected chi connectivity index (χ4v) is 1.57. The number of carbonyl (C=O) groups excluding carboxylic acids is 1. The first-order chi connectivity index (χ1) is 9.43. The van der Waals surface area contributed by atoms with Crippen LogP contribution in [0.3, 0.4) is 0 Å². The summed E-state index contributed by atoms with van der Waals surface area (Å²) >= 11 is 0. The van der Waals surface area contributed by atoms with Gasteiger partial charge in [-0.3, -0.25) is 9.78 Å². The first kappa shape index (κ1) is 14.0. The Balaban J connectivity index is 2.45. The van der Waals surface area contributed by atoms with Crippen LogP contribution in [0.2, 0.25) is 0 Å². The maximum atomic E-state index is 13.6. The number of benzene rings is 1. The van der Waals surface area contributed by atoms with Gasteiger partial charge in [-0.05, 0) is 19.1 Å². The Morgan fingerprint density at radius 3 is 2.00 bits per heavy atom. The molecule has 0 spiro atoms. The van der Waals surface area contributed by atoms with Gasteiger partial charge in [0.15, 0.2) is 23.3 Å². The molecule has 0 atom stereocenters. The summed E-state index contributed by atoms with van der Waals surface area (Å²) < 4.78 is 53.9. The Labute approximate surface area is 111 Å². The van der Waals surface area contributed by atoms with Crippen LogP contribution < -0.4 is 5.32 Å². The third-order valence-corrected chi connectivity index (χ3v) is 2.65. The van der Waals surface area contributed by atoms with E-state index >= 15 is 0 Å². The molecule has 1 aromatic heterocycles. The number of aromatic nitrogens is 1. The molecule has 2 rings (SSSR count). The highest BCUT2D eigenvalue weighted by Gasteiger charge is 2.27. The fraction of sp³-hybridized carbons (Fsp3) is 0.0769. The Morgan fingerprint density at radius 2 is 1.50 bits per heavy atom. The maximum Gasteiger partial charge on any atom is 0.261 e. The molecular weight excluding hydrogens is 276 g/mol. The molecule has 0 aliphatic heterocycles. The van der Waals surface area contributed by atoms with Crippen molar-refractivity contribution in [3.8, 4) is 0 Å². The first-order valence-electron chi connectivity index (χ1n) is 5.47. The van der Waals surface area contributed by atoms with Gasteiger partial charge in [0.25, 0.3) is 5.91 Å². The number of anilines is 1. The molecule has 0 unspecified atom stereocenters. The van der Waals surface area contributed by atoms with Gasteiger partial charge in [0.05, 0.1) is 0 Å². The topological polar surface area (TPSA) is 42.0 Å². The molecule has 1 aromatic carbocycles. The molecule has 20 heavy (non-hydrogen) atoms. The number of nitrogens with zero attached hydrogens (tertiary/aromatic N) is 1. The van der Waals surface area contributed by atoms with Crippen molar-refractivity contribution < 1.29 is 22.4 Å². The van der Waals surface area contributed by atoms with Crippen LogP contribution >= 0.6 is 0 Å². The van der Waals surface area contributed by atoms with Crippen LogP contribution in [0.25, 0.3) is 0 Å². The predicted molar refractivity (Wildman–Crippen MR) is 63.2 cm³/mol. The summed E-state index contributed by atoms with van der Waals surface area (Å²) in [5, 5.41) is 2.12. The monoisotopic (exact) mass is 284 g/mol. The van der Waals surface area contributed by atoms with E-state index in [1.807, 2.05) is 0 Å². The summed E-state index contributed by atoms with van der Waals surface area (Å²) in [5.74, 6) is -7.93. The minimum Gasteiger partial charge on any atom is -0.322 e. The summed E-state index contributed by atoms with van der Waals surface area (Å²) in [6, 6.07) is 2.71. The number of hydrogen-bond acceptors (Lipinski definition) is 2. The van der Waals surface area contributed by atoms with Crippen LogP contribution in [0.4, 0.5) is 23.2 Å². The van der Waals surface area contributed by atoms with Gasteiger partial charge in [-0.2, -0.15) is 0 Å². The van der Waals surface area contributed by atoms with Gasteiger partial charge in [0, 0.05) is 23.6 Å². The molecule has 7 heteroatoms. The Kier molecular flexibility index (Phi) is 3.69. The van der Waals surface area contributed by atoms with E-state index in [4.69, 9.17) is 0 Å². The highest BCUT2D eigenvalue weighted by molar-refractivity contribution is 6.04. The molecule has 0 radical (unpaired) electrons. The third-order valence-electron chi connectivity index (χ3n) is 2.65. The van der Waals surface area contributed by atoms with Gasteiger partial charge >= 0.3 is 0 Å². The Morgan fingerprint density at radius 1 is 1.00 bits per heavy atom. The Hall–Kier alpha value is -2.44. The van der Waals surface area contributed by atoms with Crippen LogP contribution in [0, 0.1) is 30.2 Å². The molecular formula is C13H8F4N2O. The van der Waals surface area contributed by atoms with E-state index in [0.717, 1.165) is 6.92 Å². The van der Waals surface area contributed by atoms with E-state index < -0.39 is 40.3 Å². The van der Waals surface area contributed by atoms with Crippen LogP contribution in [0.15, 0.2) is 24.5 Å². The predicted octanol–water partition coefficient (Wildman–Crippen LogP) is 3.20. The van der Waals surface area contributed by atoms with Gasteiger partial charge in [-0.25, -0.2) is 17.6 Å². The van der Waals surface area contributed by atoms with Gasteiger partial charge in [-0.15, -0.1) is 0 Å². The Bertz CT molecular complexity index is 645. The van der Waals surface area contributed by atoms with Crippen molar-refractivity contribution in [3.63, 3.8) is 0 Å². The van der Waals surface area contributed by atoms with Gasteiger partial charge < -0.3 is 5.32 Å². The number of nitrogens with one attached hydrogen (secondary N) is 1. The molecule has 3 nitrogen and oxygen atoms in total. The van der Waals surface area contributed by atoms with Gasteiger partial charge in [0.2, 0.25) is 0 Å². The fourth-order valence-electron chi connectivity index (χ4n) is 1.57. The lowest BCUT2D eigenvalue weighted by Crippen LogP contribution is -2.19. The van der Waals surface area contributed by atoms with Gasteiger partial charge in [0.1, 0.15) is 5.56 Å². The van der Waals surface area contributed by atoms with E-state index in [0.29, 0.717) is 0 Å². The zero-order valence-corrected chi connectivity index (χ0v) is 10.2. The summed E-state index contributed by atoms with van der Waals surface area (Å²) in [6.45, 7) is 0.876. The SMILES string of the molecule is Cc1c(F)c(F)c(C(=O)Nc2ccncc2)c(F)c1F. The van der Waals surface area contributed by atoms with Crippen molar-refractivity contribution in [1.29, 1.82) is 0 Å². The molecule has 0 aliphatic carbocycles. The minimum atomic E-state index is -1.73. The zero-order valence-electron chi connectivity index (χ0n) is 10.2. The van der Waals surface area contributed by atoms with Crippen LogP contribution in [-0.2, 0) is 0 Å². The summed E-state index contributed by atoms with van der Waals surface area (Å²) in [6.07, 6.45) is 2.66. The van der Waals surface area contributed by atoms with Crippen LogP contribution in [0.1, 0.15) is 15.9 Å². The smallest absolute Gasteiger partial charge is 0.261 e. The third kappa shape index (κ3) is 2.34. The van der Waals surface area contributed by atoms with Crippen LogP contribution in [0.5, 0.6) is 0 Å². The average Bonchev–Trinajstić information content (AvgIpc) is 2.44.